The highest BCUT2D eigenvalue weighted by Crippen LogP contribution is 2.30. The zero-order valence-corrected chi connectivity index (χ0v) is 13.0. The van der Waals surface area contributed by atoms with Crippen LogP contribution in [-0.2, 0) is 9.53 Å². The summed E-state index contributed by atoms with van der Waals surface area (Å²) in [5.74, 6) is -0.924. The van der Waals surface area contributed by atoms with E-state index in [9.17, 15) is 4.79 Å². The van der Waals surface area contributed by atoms with Crippen LogP contribution in [0.5, 0.6) is 0 Å². The van der Waals surface area contributed by atoms with Crippen molar-refractivity contribution in [2.45, 2.75) is 70.5 Å². The van der Waals surface area contributed by atoms with Crippen molar-refractivity contribution in [2.75, 3.05) is 0 Å². The molecule has 0 aromatic heterocycles. The maximum Gasteiger partial charge on any atom is 0.328 e. The zero-order valence-electron chi connectivity index (χ0n) is 13.0. The second kappa shape index (κ2) is 11.3. The molecule has 118 valence electrons. The van der Waals surface area contributed by atoms with Crippen molar-refractivity contribution in [2.24, 2.45) is 0 Å². The Morgan fingerprint density at radius 2 is 1.71 bits per heavy atom. The Bertz CT molecular complexity index is 369. The van der Waals surface area contributed by atoms with Gasteiger partial charge in [-0.05, 0) is 12.8 Å². The van der Waals surface area contributed by atoms with Gasteiger partial charge in [-0.25, -0.2) is 4.79 Å². The van der Waals surface area contributed by atoms with Gasteiger partial charge in [0.1, 0.15) is 0 Å². The van der Waals surface area contributed by atoms with E-state index in [0.29, 0.717) is 12.2 Å². The molecule has 2 unspecified atom stereocenters. The molecule has 3 heteroatoms. The van der Waals surface area contributed by atoms with Gasteiger partial charge in [-0.2, -0.15) is 0 Å². The van der Waals surface area contributed by atoms with E-state index in [4.69, 9.17) is 9.84 Å². The number of carbonyl (C=O) groups is 1. The van der Waals surface area contributed by atoms with Gasteiger partial charge in [0.15, 0.2) is 0 Å². The van der Waals surface area contributed by atoms with E-state index < -0.39 is 5.97 Å². The van der Waals surface area contributed by atoms with Crippen LogP contribution >= 0.6 is 0 Å². The molecule has 0 bridgehead atoms. The van der Waals surface area contributed by atoms with E-state index in [-0.39, 0.29) is 0 Å². The van der Waals surface area contributed by atoms with Gasteiger partial charge in [-0.3, -0.25) is 0 Å². The van der Waals surface area contributed by atoms with E-state index in [1.807, 2.05) is 12.2 Å². The van der Waals surface area contributed by atoms with Crippen LogP contribution in [0.25, 0.3) is 0 Å². The van der Waals surface area contributed by atoms with Crippen molar-refractivity contribution < 1.29 is 14.6 Å². The van der Waals surface area contributed by atoms with Crippen molar-refractivity contribution >= 4 is 5.97 Å². The highest BCUT2D eigenvalue weighted by Gasteiger charge is 2.36. The van der Waals surface area contributed by atoms with Crippen LogP contribution in [0.3, 0.4) is 0 Å². The molecule has 0 saturated carbocycles. The SMILES string of the molecule is CCCCCCCCC1OC1CC=CC=CC=CC(=O)O. The summed E-state index contributed by atoms with van der Waals surface area (Å²) in [5, 5.41) is 8.40. The Morgan fingerprint density at radius 1 is 1.00 bits per heavy atom. The number of rotatable bonds is 12. The molecule has 0 amide bonds. The average molecular weight is 292 g/mol. The first-order chi connectivity index (χ1) is 10.2. The Labute approximate surface area is 128 Å². The van der Waals surface area contributed by atoms with Crippen LogP contribution in [-0.4, -0.2) is 23.3 Å². The number of allylic oxidation sites excluding steroid dienone is 4. The van der Waals surface area contributed by atoms with Crippen molar-refractivity contribution in [3.8, 4) is 0 Å². The maximum atomic E-state index is 10.2. The molecule has 0 aliphatic carbocycles. The molecule has 0 radical (unpaired) electrons. The summed E-state index contributed by atoms with van der Waals surface area (Å²) in [6.45, 7) is 2.24. The van der Waals surface area contributed by atoms with Gasteiger partial charge in [0, 0.05) is 6.08 Å². The predicted molar refractivity (Wildman–Crippen MR) is 86.3 cm³/mol. The molecule has 1 rings (SSSR count). The van der Waals surface area contributed by atoms with Crippen molar-refractivity contribution in [1.82, 2.24) is 0 Å². The highest BCUT2D eigenvalue weighted by atomic mass is 16.6. The minimum absolute atomic E-state index is 0.403. The number of carboxylic acid groups (broad SMARTS) is 1. The number of ether oxygens (including phenoxy) is 1. The first-order valence-corrected chi connectivity index (χ1v) is 8.12. The molecule has 1 saturated heterocycles. The van der Waals surface area contributed by atoms with Gasteiger partial charge in [0.05, 0.1) is 12.2 Å². The lowest BCUT2D eigenvalue weighted by Gasteiger charge is -1.98. The van der Waals surface area contributed by atoms with E-state index >= 15 is 0 Å². The Hall–Kier alpha value is -1.35. The van der Waals surface area contributed by atoms with Gasteiger partial charge in [-0.15, -0.1) is 0 Å². The third-order valence-electron chi connectivity index (χ3n) is 3.61. The summed E-state index contributed by atoms with van der Waals surface area (Å²) < 4.78 is 5.64. The van der Waals surface area contributed by atoms with E-state index in [0.717, 1.165) is 12.5 Å². The molecule has 3 nitrogen and oxygen atoms in total. The lowest BCUT2D eigenvalue weighted by molar-refractivity contribution is -0.131. The molecule has 1 aliphatic heterocycles. The fourth-order valence-corrected chi connectivity index (χ4v) is 2.32. The fourth-order valence-electron chi connectivity index (χ4n) is 2.32. The van der Waals surface area contributed by atoms with Crippen molar-refractivity contribution in [1.29, 1.82) is 0 Å². The molecule has 21 heavy (non-hydrogen) atoms. The molecular formula is C18H28O3. The molecule has 1 fully saturated rings. The van der Waals surface area contributed by atoms with Gasteiger partial charge in [0.2, 0.25) is 0 Å². The van der Waals surface area contributed by atoms with Crippen LogP contribution in [0, 0.1) is 0 Å². The van der Waals surface area contributed by atoms with E-state index in [1.54, 1.807) is 6.08 Å². The number of carboxylic acids is 1. The Morgan fingerprint density at radius 3 is 2.48 bits per heavy atom. The lowest BCUT2D eigenvalue weighted by atomic mass is 10.1. The molecule has 0 aromatic carbocycles. The third-order valence-corrected chi connectivity index (χ3v) is 3.61. The van der Waals surface area contributed by atoms with Gasteiger partial charge in [-0.1, -0.05) is 75.8 Å². The normalized spacial score (nSPS) is 21.8. The monoisotopic (exact) mass is 292 g/mol. The van der Waals surface area contributed by atoms with Gasteiger partial charge >= 0.3 is 5.97 Å². The molecule has 0 spiro atoms. The molecule has 1 aliphatic rings. The number of hydrogen-bond donors (Lipinski definition) is 1. The Kier molecular flexibility index (Phi) is 9.55. The van der Waals surface area contributed by atoms with Crippen molar-refractivity contribution in [3.63, 3.8) is 0 Å². The topological polar surface area (TPSA) is 49.8 Å². The first-order valence-electron chi connectivity index (χ1n) is 8.12. The molecule has 1 heterocycles. The van der Waals surface area contributed by atoms with E-state index in [2.05, 4.69) is 13.0 Å². The Balaban J connectivity index is 1.95. The molecule has 1 N–H and O–H groups in total. The molecular weight excluding hydrogens is 264 g/mol. The molecule has 0 aromatic rings. The summed E-state index contributed by atoms with van der Waals surface area (Å²) in [6.07, 6.45) is 21.2. The summed E-state index contributed by atoms with van der Waals surface area (Å²) in [5.41, 5.74) is 0. The van der Waals surface area contributed by atoms with Crippen LogP contribution in [0.4, 0.5) is 0 Å². The second-order valence-electron chi connectivity index (χ2n) is 5.52. The smallest absolute Gasteiger partial charge is 0.328 e. The highest BCUT2D eigenvalue weighted by molar-refractivity contribution is 5.80. The zero-order chi connectivity index (χ0) is 15.3. The maximum absolute atomic E-state index is 10.2. The lowest BCUT2D eigenvalue weighted by Crippen LogP contribution is -1.92. The van der Waals surface area contributed by atoms with Crippen LogP contribution in [0.1, 0.15) is 58.3 Å². The minimum Gasteiger partial charge on any atom is -0.478 e. The van der Waals surface area contributed by atoms with Gasteiger partial charge < -0.3 is 9.84 Å². The number of unbranched alkanes of at least 4 members (excludes halogenated alkanes) is 5. The van der Waals surface area contributed by atoms with Crippen LogP contribution in [0.2, 0.25) is 0 Å². The standard InChI is InChI=1S/C18H28O3/c1-2-3-4-5-7-10-13-16-17(21-16)14-11-8-6-9-12-15-18(19)20/h6,8-9,11-12,15-17H,2-5,7,10,13-14H2,1H3,(H,19,20). The largest absolute Gasteiger partial charge is 0.478 e. The van der Waals surface area contributed by atoms with Gasteiger partial charge in [0.25, 0.3) is 0 Å². The minimum atomic E-state index is -0.924. The molecule has 2 atom stereocenters. The number of aliphatic carboxylic acids is 1. The summed E-state index contributed by atoms with van der Waals surface area (Å²) in [6, 6.07) is 0. The van der Waals surface area contributed by atoms with Crippen molar-refractivity contribution in [3.05, 3.63) is 36.5 Å². The fraction of sp³-hybridized carbons (Fsp3) is 0.611. The predicted octanol–water partition coefficient (Wildman–Crippen LogP) is 4.65. The first kappa shape index (κ1) is 17.7. The third kappa shape index (κ3) is 10.1. The summed E-state index contributed by atoms with van der Waals surface area (Å²) in [4.78, 5) is 10.2. The summed E-state index contributed by atoms with van der Waals surface area (Å²) >= 11 is 0. The second-order valence-corrected chi connectivity index (χ2v) is 5.52. The number of epoxide rings is 1. The quantitative estimate of drug-likeness (QED) is 0.246. The van der Waals surface area contributed by atoms with Crippen LogP contribution in [0.15, 0.2) is 36.5 Å². The van der Waals surface area contributed by atoms with E-state index in [1.165, 1.54) is 51.0 Å². The number of hydrogen-bond acceptors (Lipinski definition) is 2. The summed E-state index contributed by atoms with van der Waals surface area (Å²) in [7, 11) is 0. The van der Waals surface area contributed by atoms with Crippen LogP contribution < -0.4 is 0 Å². The average Bonchev–Trinajstić information content (AvgIpc) is 3.20.